The number of nitrogens with zero attached hydrogens (tertiary/aromatic N) is 4. The Morgan fingerprint density at radius 2 is 1.72 bits per heavy atom. The van der Waals surface area contributed by atoms with E-state index in [0.717, 1.165) is 6.54 Å². The normalized spacial score (nSPS) is 24.1. The number of fused-ring (bicyclic) bond motifs is 4. The zero-order valence-electron chi connectivity index (χ0n) is 23.8. The average molecular weight is 485 g/mol. The van der Waals surface area contributed by atoms with E-state index in [1.54, 1.807) is 16.8 Å². The quantitative estimate of drug-likeness (QED) is 0.457. The number of rotatable bonds is 2. The van der Waals surface area contributed by atoms with Crippen molar-refractivity contribution in [3.8, 4) is 0 Å². The highest BCUT2D eigenvalue weighted by molar-refractivity contribution is 6.17. The topological polar surface area (TPSA) is 22.1 Å². The van der Waals surface area contributed by atoms with Crippen LogP contribution in [0.2, 0.25) is 0 Å². The van der Waals surface area contributed by atoms with Gasteiger partial charge in [0.25, 0.3) is 0 Å². The molecule has 0 aromatic heterocycles. The molecule has 0 radical (unpaired) electrons. The van der Waals surface area contributed by atoms with Crippen LogP contribution >= 0.6 is 0 Å². The number of aryl methyl sites for hydroxylation is 1. The number of benzene rings is 2. The molecule has 2 aromatic rings. The van der Waals surface area contributed by atoms with Gasteiger partial charge in [0, 0.05) is 67.2 Å². The van der Waals surface area contributed by atoms with Gasteiger partial charge in [-0.05, 0) is 105 Å². The van der Waals surface area contributed by atoms with Gasteiger partial charge >= 0.3 is 0 Å². The van der Waals surface area contributed by atoms with E-state index in [1.807, 2.05) is 5.01 Å². The molecule has 0 N–H and O–H groups in total. The SMILES string of the molecule is CCN1c2cc3c(cc2C(C)CC1(C)C)/C(=N\N(C)C)c1cc2c4c(c1C3(C)C)CCCN4CCC2. The molecule has 4 heteroatoms. The van der Waals surface area contributed by atoms with Gasteiger partial charge < -0.3 is 14.8 Å². The molecule has 36 heavy (non-hydrogen) atoms. The molecule has 6 rings (SSSR count). The van der Waals surface area contributed by atoms with Gasteiger partial charge in [0.1, 0.15) is 0 Å². The van der Waals surface area contributed by atoms with Gasteiger partial charge in [-0.3, -0.25) is 0 Å². The Hall–Kier alpha value is -2.49. The van der Waals surface area contributed by atoms with Crippen molar-refractivity contribution in [1.29, 1.82) is 0 Å². The third-order valence-corrected chi connectivity index (χ3v) is 9.47. The Kier molecular flexibility index (Phi) is 5.31. The third-order valence-electron chi connectivity index (χ3n) is 9.47. The first-order chi connectivity index (χ1) is 17.0. The van der Waals surface area contributed by atoms with Crippen molar-refractivity contribution in [2.45, 2.75) is 90.5 Å². The van der Waals surface area contributed by atoms with Gasteiger partial charge in [0.2, 0.25) is 0 Å². The molecule has 1 unspecified atom stereocenters. The first-order valence-electron chi connectivity index (χ1n) is 14.2. The van der Waals surface area contributed by atoms with Crippen molar-refractivity contribution in [2.24, 2.45) is 5.10 Å². The van der Waals surface area contributed by atoms with E-state index in [2.05, 4.69) is 83.6 Å². The molecule has 2 aromatic carbocycles. The molecule has 0 amide bonds. The fraction of sp³-hybridized carbons (Fsp3) is 0.594. The van der Waals surface area contributed by atoms with Crippen molar-refractivity contribution in [3.05, 3.63) is 57.1 Å². The van der Waals surface area contributed by atoms with Crippen molar-refractivity contribution in [2.75, 3.05) is 43.5 Å². The third kappa shape index (κ3) is 3.28. The second kappa shape index (κ2) is 8.00. The number of anilines is 2. The second-order valence-corrected chi connectivity index (χ2v) is 13.0. The van der Waals surface area contributed by atoms with Crippen LogP contribution in [-0.4, -0.2) is 50.0 Å². The Labute approximate surface area is 218 Å². The molecular formula is C32H44N4. The van der Waals surface area contributed by atoms with E-state index in [1.165, 1.54) is 84.4 Å². The van der Waals surface area contributed by atoms with Crippen LogP contribution in [0.4, 0.5) is 11.4 Å². The van der Waals surface area contributed by atoms with Crippen LogP contribution in [-0.2, 0) is 18.3 Å². The van der Waals surface area contributed by atoms with E-state index in [-0.39, 0.29) is 11.0 Å². The summed E-state index contributed by atoms with van der Waals surface area (Å²) < 4.78 is 0. The summed E-state index contributed by atoms with van der Waals surface area (Å²) in [6.45, 7) is 18.0. The molecule has 3 heterocycles. The Bertz CT molecular complexity index is 1260. The van der Waals surface area contributed by atoms with E-state index in [9.17, 15) is 0 Å². The van der Waals surface area contributed by atoms with Crippen LogP contribution in [0.3, 0.4) is 0 Å². The summed E-state index contributed by atoms with van der Waals surface area (Å²) >= 11 is 0. The minimum absolute atomic E-state index is 0.0694. The van der Waals surface area contributed by atoms with Crippen LogP contribution < -0.4 is 9.80 Å². The lowest BCUT2D eigenvalue weighted by Crippen LogP contribution is -2.48. The van der Waals surface area contributed by atoms with Gasteiger partial charge in [-0.1, -0.05) is 20.8 Å². The minimum atomic E-state index is -0.0694. The van der Waals surface area contributed by atoms with E-state index in [0.29, 0.717) is 5.92 Å². The van der Waals surface area contributed by atoms with Crippen molar-refractivity contribution in [3.63, 3.8) is 0 Å². The molecule has 0 fully saturated rings. The van der Waals surface area contributed by atoms with Crippen molar-refractivity contribution < 1.29 is 0 Å². The molecule has 0 saturated carbocycles. The Morgan fingerprint density at radius 3 is 2.42 bits per heavy atom. The zero-order valence-corrected chi connectivity index (χ0v) is 23.8. The van der Waals surface area contributed by atoms with Crippen LogP contribution in [0.25, 0.3) is 0 Å². The Morgan fingerprint density at radius 1 is 1.00 bits per heavy atom. The van der Waals surface area contributed by atoms with Gasteiger partial charge in [-0.15, -0.1) is 0 Å². The molecule has 0 bridgehead atoms. The summed E-state index contributed by atoms with van der Waals surface area (Å²) in [4.78, 5) is 5.33. The monoisotopic (exact) mass is 484 g/mol. The second-order valence-electron chi connectivity index (χ2n) is 13.0. The lowest BCUT2D eigenvalue weighted by molar-refractivity contribution is 0.381. The van der Waals surface area contributed by atoms with Crippen molar-refractivity contribution in [1.82, 2.24) is 5.01 Å². The van der Waals surface area contributed by atoms with Gasteiger partial charge in [0.15, 0.2) is 0 Å². The molecule has 1 aliphatic carbocycles. The molecule has 0 spiro atoms. The Balaban J connectivity index is 1.67. The van der Waals surface area contributed by atoms with E-state index >= 15 is 0 Å². The van der Waals surface area contributed by atoms with Crippen LogP contribution in [0, 0.1) is 0 Å². The lowest BCUT2D eigenvalue weighted by Gasteiger charge is -2.49. The highest BCUT2D eigenvalue weighted by Crippen LogP contribution is 2.52. The average Bonchev–Trinajstić information content (AvgIpc) is 2.81. The largest absolute Gasteiger partial charge is 0.371 e. The predicted octanol–water partition coefficient (Wildman–Crippen LogP) is 6.45. The van der Waals surface area contributed by atoms with Gasteiger partial charge in [-0.2, -0.15) is 5.10 Å². The number of hydrogen-bond acceptors (Lipinski definition) is 4. The molecule has 3 aliphatic heterocycles. The van der Waals surface area contributed by atoms with Gasteiger partial charge in [-0.25, -0.2) is 0 Å². The van der Waals surface area contributed by atoms with E-state index < -0.39 is 0 Å². The molecular weight excluding hydrogens is 440 g/mol. The molecule has 4 aliphatic rings. The maximum Gasteiger partial charge on any atom is 0.0982 e. The fourth-order valence-corrected chi connectivity index (χ4v) is 8.19. The molecule has 192 valence electrons. The van der Waals surface area contributed by atoms with Gasteiger partial charge in [0.05, 0.1) is 5.71 Å². The maximum absolute atomic E-state index is 5.21. The summed E-state index contributed by atoms with van der Waals surface area (Å²) in [5, 5.41) is 7.21. The lowest BCUT2D eigenvalue weighted by atomic mass is 9.63. The van der Waals surface area contributed by atoms with E-state index in [4.69, 9.17) is 5.10 Å². The smallest absolute Gasteiger partial charge is 0.0982 e. The first-order valence-corrected chi connectivity index (χ1v) is 14.2. The fourth-order valence-electron chi connectivity index (χ4n) is 8.19. The van der Waals surface area contributed by atoms with Crippen LogP contribution in [0.5, 0.6) is 0 Å². The summed E-state index contributed by atoms with van der Waals surface area (Å²) in [6.07, 6.45) is 6.08. The first kappa shape index (κ1) is 23.9. The summed E-state index contributed by atoms with van der Waals surface area (Å²) in [6, 6.07) is 7.62. The number of hydrazone groups is 1. The standard InChI is InChI=1S/C32H44N4/c1-9-36-27-18-26-24(17-23(27)20(2)19-31(36,3)4)29(33-34(7)8)25-16-21-12-10-14-35-15-11-13-22(30(21)35)28(25)32(26,5)6/h16-18,20H,9-15,19H2,1-8H3/b33-29+. The predicted molar refractivity (Wildman–Crippen MR) is 153 cm³/mol. The summed E-state index contributed by atoms with van der Waals surface area (Å²) in [7, 11) is 4.14. The van der Waals surface area contributed by atoms with Crippen molar-refractivity contribution >= 4 is 17.1 Å². The highest BCUT2D eigenvalue weighted by atomic mass is 15.4. The summed E-state index contributed by atoms with van der Waals surface area (Å²) in [5.74, 6) is 0.534. The van der Waals surface area contributed by atoms with Crippen LogP contribution in [0.1, 0.15) is 106 Å². The number of hydrogen-bond donors (Lipinski definition) is 0. The maximum atomic E-state index is 5.21. The molecule has 1 atom stereocenters. The molecule has 4 nitrogen and oxygen atoms in total. The zero-order chi connectivity index (χ0) is 25.6. The summed E-state index contributed by atoms with van der Waals surface area (Å²) in [5.41, 5.74) is 14.6. The highest BCUT2D eigenvalue weighted by Gasteiger charge is 2.44. The van der Waals surface area contributed by atoms with Crippen LogP contribution in [0.15, 0.2) is 23.3 Å². The molecule has 0 saturated heterocycles. The minimum Gasteiger partial charge on any atom is -0.371 e.